The molecule has 0 heterocycles. The lowest BCUT2D eigenvalue weighted by Gasteiger charge is -2.16. The van der Waals surface area contributed by atoms with Gasteiger partial charge < -0.3 is 20.5 Å². The highest BCUT2D eigenvalue weighted by atomic mass is 16.5. The van der Waals surface area contributed by atoms with Crippen molar-refractivity contribution >= 4 is 17.3 Å². The van der Waals surface area contributed by atoms with Crippen molar-refractivity contribution in [1.82, 2.24) is 0 Å². The van der Waals surface area contributed by atoms with Gasteiger partial charge in [0.25, 0.3) is 0 Å². The maximum absolute atomic E-state index is 11.5. The maximum Gasteiger partial charge on any atom is 0.338 e. The Morgan fingerprint density at radius 3 is 2.47 bits per heavy atom. The molecule has 94 valence electrons. The summed E-state index contributed by atoms with van der Waals surface area (Å²) in [4.78, 5) is 11.5. The lowest BCUT2D eigenvalue weighted by atomic mass is 10.1. The van der Waals surface area contributed by atoms with E-state index in [1.54, 1.807) is 12.1 Å². The molecular formula is C12H18N2O3. The number of nitrogens with two attached hydrogens (primary N) is 1. The van der Waals surface area contributed by atoms with Crippen molar-refractivity contribution in [2.24, 2.45) is 0 Å². The number of hydrogen-bond donors (Lipinski definition) is 2. The van der Waals surface area contributed by atoms with Crippen LogP contribution in [0.3, 0.4) is 0 Å². The molecule has 0 radical (unpaired) electrons. The summed E-state index contributed by atoms with van der Waals surface area (Å²) >= 11 is 0. The number of ether oxygens (including phenoxy) is 2. The zero-order chi connectivity index (χ0) is 13.0. The number of esters is 1. The smallest absolute Gasteiger partial charge is 0.338 e. The van der Waals surface area contributed by atoms with Gasteiger partial charge in [0.05, 0.1) is 31.2 Å². The van der Waals surface area contributed by atoms with E-state index in [2.05, 4.69) is 10.1 Å². The zero-order valence-corrected chi connectivity index (χ0v) is 10.5. The molecule has 3 N–H and O–H groups in total. The third-order valence-electron chi connectivity index (χ3n) is 2.23. The van der Waals surface area contributed by atoms with Crippen LogP contribution in [-0.2, 0) is 4.74 Å². The van der Waals surface area contributed by atoms with E-state index in [1.165, 1.54) is 14.2 Å². The third-order valence-corrected chi connectivity index (χ3v) is 2.23. The van der Waals surface area contributed by atoms with Gasteiger partial charge in [0.15, 0.2) is 0 Å². The zero-order valence-electron chi connectivity index (χ0n) is 10.5. The first-order chi connectivity index (χ1) is 7.99. The Hall–Kier alpha value is -1.91. The third kappa shape index (κ3) is 3.03. The summed E-state index contributed by atoms with van der Waals surface area (Å²) in [6, 6.07) is 3.42. The number of carbonyl (C=O) groups is 1. The number of benzene rings is 1. The quantitative estimate of drug-likeness (QED) is 0.619. The van der Waals surface area contributed by atoms with Gasteiger partial charge in [-0.2, -0.15) is 0 Å². The predicted octanol–water partition coefficient (Wildman–Crippen LogP) is 1.88. The molecule has 0 amide bonds. The van der Waals surface area contributed by atoms with Gasteiger partial charge in [-0.3, -0.25) is 0 Å². The molecule has 0 unspecified atom stereocenters. The van der Waals surface area contributed by atoms with Crippen molar-refractivity contribution in [2.75, 3.05) is 25.3 Å². The molecule has 0 saturated heterocycles. The SMILES string of the molecule is COC(=O)c1cc(NC(C)C)c(N)c(OC)c1. The van der Waals surface area contributed by atoms with E-state index in [9.17, 15) is 4.79 Å². The summed E-state index contributed by atoms with van der Waals surface area (Å²) in [5.41, 5.74) is 7.46. The highest BCUT2D eigenvalue weighted by Gasteiger charge is 2.14. The molecule has 1 aromatic rings. The summed E-state index contributed by atoms with van der Waals surface area (Å²) in [5.74, 6) is 0.0335. The summed E-state index contributed by atoms with van der Waals surface area (Å²) in [6.45, 7) is 3.97. The van der Waals surface area contributed by atoms with Gasteiger partial charge in [-0.15, -0.1) is 0 Å². The van der Waals surface area contributed by atoms with Crippen molar-refractivity contribution in [3.8, 4) is 5.75 Å². The van der Waals surface area contributed by atoms with Crippen LogP contribution in [0.4, 0.5) is 11.4 Å². The Morgan fingerprint density at radius 2 is 2.00 bits per heavy atom. The van der Waals surface area contributed by atoms with E-state index >= 15 is 0 Å². The number of anilines is 2. The maximum atomic E-state index is 11.5. The minimum absolute atomic E-state index is 0.204. The summed E-state index contributed by atoms with van der Waals surface area (Å²) in [6.07, 6.45) is 0. The van der Waals surface area contributed by atoms with Crippen LogP contribution in [0.2, 0.25) is 0 Å². The normalized spacial score (nSPS) is 10.2. The molecule has 1 rings (SSSR count). The van der Waals surface area contributed by atoms with E-state index in [-0.39, 0.29) is 6.04 Å². The van der Waals surface area contributed by atoms with E-state index in [0.717, 1.165) is 0 Å². The van der Waals surface area contributed by atoms with E-state index in [1.807, 2.05) is 13.8 Å². The van der Waals surface area contributed by atoms with Crippen LogP contribution in [0.1, 0.15) is 24.2 Å². The molecule has 17 heavy (non-hydrogen) atoms. The second-order valence-electron chi connectivity index (χ2n) is 3.93. The van der Waals surface area contributed by atoms with Crippen molar-refractivity contribution in [2.45, 2.75) is 19.9 Å². The summed E-state index contributed by atoms with van der Waals surface area (Å²) < 4.78 is 9.80. The van der Waals surface area contributed by atoms with Crippen LogP contribution in [0.25, 0.3) is 0 Å². The number of methoxy groups -OCH3 is 2. The fraction of sp³-hybridized carbons (Fsp3) is 0.417. The molecule has 0 aliphatic heterocycles. The van der Waals surface area contributed by atoms with E-state index < -0.39 is 5.97 Å². The lowest BCUT2D eigenvalue weighted by molar-refractivity contribution is 0.0600. The van der Waals surface area contributed by atoms with Crippen LogP contribution in [-0.4, -0.2) is 26.2 Å². The largest absolute Gasteiger partial charge is 0.494 e. The molecule has 5 nitrogen and oxygen atoms in total. The van der Waals surface area contributed by atoms with Crippen LogP contribution >= 0.6 is 0 Å². The minimum Gasteiger partial charge on any atom is -0.494 e. The van der Waals surface area contributed by atoms with E-state index in [4.69, 9.17) is 10.5 Å². The Morgan fingerprint density at radius 1 is 1.35 bits per heavy atom. The monoisotopic (exact) mass is 238 g/mol. The highest BCUT2D eigenvalue weighted by Crippen LogP contribution is 2.32. The van der Waals surface area contributed by atoms with Crippen LogP contribution in [0.15, 0.2) is 12.1 Å². The predicted molar refractivity (Wildman–Crippen MR) is 67.5 cm³/mol. The number of rotatable bonds is 4. The molecule has 0 saturated carbocycles. The van der Waals surface area contributed by atoms with Crippen molar-refractivity contribution in [3.63, 3.8) is 0 Å². The Labute approximate surface area is 101 Å². The molecule has 0 aliphatic carbocycles. The Kier molecular flexibility index (Phi) is 4.20. The number of carbonyl (C=O) groups excluding carboxylic acids is 1. The first-order valence-electron chi connectivity index (χ1n) is 5.32. The molecule has 0 aliphatic rings. The van der Waals surface area contributed by atoms with Crippen LogP contribution in [0.5, 0.6) is 5.75 Å². The molecule has 0 spiro atoms. The Bertz CT molecular complexity index is 416. The Balaban J connectivity index is 3.23. The second-order valence-corrected chi connectivity index (χ2v) is 3.93. The van der Waals surface area contributed by atoms with Crippen molar-refractivity contribution < 1.29 is 14.3 Å². The van der Waals surface area contributed by atoms with Gasteiger partial charge in [0.2, 0.25) is 0 Å². The standard InChI is InChI=1S/C12H18N2O3/c1-7(2)14-9-5-8(12(15)17-4)6-10(16-3)11(9)13/h5-7,14H,13H2,1-4H3. The van der Waals surface area contributed by atoms with Gasteiger partial charge in [-0.05, 0) is 26.0 Å². The van der Waals surface area contributed by atoms with E-state index in [0.29, 0.717) is 22.7 Å². The minimum atomic E-state index is -0.421. The first kappa shape index (κ1) is 13.2. The van der Waals surface area contributed by atoms with Gasteiger partial charge >= 0.3 is 5.97 Å². The average Bonchev–Trinajstić information content (AvgIpc) is 2.30. The molecule has 1 aromatic carbocycles. The number of hydrogen-bond acceptors (Lipinski definition) is 5. The van der Waals surface area contributed by atoms with Crippen molar-refractivity contribution in [3.05, 3.63) is 17.7 Å². The molecule has 0 bridgehead atoms. The van der Waals surface area contributed by atoms with Gasteiger partial charge in [0, 0.05) is 6.04 Å². The fourth-order valence-corrected chi connectivity index (χ4v) is 1.46. The van der Waals surface area contributed by atoms with Gasteiger partial charge in [-0.25, -0.2) is 4.79 Å². The molecular weight excluding hydrogens is 220 g/mol. The van der Waals surface area contributed by atoms with Gasteiger partial charge in [-0.1, -0.05) is 0 Å². The molecule has 0 fully saturated rings. The first-order valence-corrected chi connectivity index (χ1v) is 5.32. The number of nitrogen functional groups attached to an aromatic ring is 1. The topological polar surface area (TPSA) is 73.6 Å². The summed E-state index contributed by atoms with van der Waals surface area (Å²) in [7, 11) is 2.84. The van der Waals surface area contributed by atoms with Crippen LogP contribution in [0, 0.1) is 0 Å². The second kappa shape index (κ2) is 5.43. The van der Waals surface area contributed by atoms with Crippen LogP contribution < -0.4 is 15.8 Å². The highest BCUT2D eigenvalue weighted by molar-refractivity contribution is 5.93. The molecule has 0 atom stereocenters. The van der Waals surface area contributed by atoms with Crippen molar-refractivity contribution in [1.29, 1.82) is 0 Å². The molecule has 5 heteroatoms. The molecule has 0 aromatic heterocycles. The lowest BCUT2D eigenvalue weighted by Crippen LogP contribution is -2.13. The number of nitrogens with one attached hydrogen (secondary N) is 1. The van der Waals surface area contributed by atoms with Gasteiger partial charge in [0.1, 0.15) is 5.75 Å². The summed E-state index contributed by atoms with van der Waals surface area (Å²) in [5, 5.41) is 3.15. The average molecular weight is 238 g/mol. The fourth-order valence-electron chi connectivity index (χ4n) is 1.46.